The number of rotatable bonds is 8. The summed E-state index contributed by atoms with van der Waals surface area (Å²) < 4.78 is 5.90. The Bertz CT molecular complexity index is 1390. The van der Waals surface area contributed by atoms with Crippen molar-refractivity contribution in [2.75, 3.05) is 11.9 Å². The second-order valence-corrected chi connectivity index (χ2v) is 8.29. The molecule has 0 fully saturated rings. The van der Waals surface area contributed by atoms with Gasteiger partial charge in [0.2, 0.25) is 0 Å². The normalized spacial score (nSPS) is 11.9. The summed E-state index contributed by atoms with van der Waals surface area (Å²) >= 11 is 6.07. The van der Waals surface area contributed by atoms with E-state index in [1.54, 1.807) is 12.1 Å². The number of aromatic nitrogens is 3. The number of anilines is 1. The van der Waals surface area contributed by atoms with Crippen LogP contribution in [-0.4, -0.2) is 26.7 Å². The Morgan fingerprint density at radius 1 is 0.912 bits per heavy atom. The zero-order chi connectivity index (χ0) is 23.3. The van der Waals surface area contributed by atoms with Crippen LogP contribution < -0.4 is 10.1 Å². The third kappa shape index (κ3) is 4.88. The zero-order valence-electron chi connectivity index (χ0n) is 18.3. The largest absolute Gasteiger partial charge is 0.487 e. The number of aromatic amines is 1. The number of H-pyrrole nitrogens is 1. The van der Waals surface area contributed by atoms with Gasteiger partial charge < -0.3 is 20.1 Å². The zero-order valence-corrected chi connectivity index (χ0v) is 19.0. The average molecular weight is 471 g/mol. The van der Waals surface area contributed by atoms with Crippen LogP contribution in [0.1, 0.15) is 17.3 Å². The number of hydrogen-bond acceptors (Lipinski definition) is 5. The Kier molecular flexibility index (Phi) is 6.42. The van der Waals surface area contributed by atoms with Crippen LogP contribution in [0.15, 0.2) is 91.0 Å². The predicted octanol–water partition coefficient (Wildman–Crippen LogP) is 6.00. The molecule has 0 unspecified atom stereocenters. The molecule has 1 atom stereocenters. The number of benzene rings is 3. The Morgan fingerprint density at radius 3 is 2.41 bits per heavy atom. The number of fused-ring (bicyclic) bond motifs is 1. The summed E-state index contributed by atoms with van der Waals surface area (Å²) in [6, 6.07) is 28.6. The minimum absolute atomic E-state index is 0.0780. The van der Waals surface area contributed by atoms with E-state index in [-0.39, 0.29) is 12.6 Å². The SMILES string of the molecule is OC[C@H](Nc1nc(-c2ccccc2)nc2[nH]c(COc3cccc(Cl)c3)cc12)c1ccccc1. The summed E-state index contributed by atoms with van der Waals surface area (Å²) in [6.07, 6.45) is 0. The maximum atomic E-state index is 10.1. The molecule has 2 aromatic heterocycles. The third-order valence-electron chi connectivity index (χ3n) is 5.46. The van der Waals surface area contributed by atoms with Crippen molar-refractivity contribution in [2.45, 2.75) is 12.6 Å². The maximum absolute atomic E-state index is 10.1. The van der Waals surface area contributed by atoms with E-state index in [0.717, 1.165) is 22.2 Å². The van der Waals surface area contributed by atoms with E-state index in [2.05, 4.69) is 10.3 Å². The number of aliphatic hydroxyl groups excluding tert-OH is 1. The molecule has 170 valence electrons. The summed E-state index contributed by atoms with van der Waals surface area (Å²) in [5.41, 5.74) is 3.40. The molecule has 7 heteroatoms. The number of nitrogens with one attached hydrogen (secondary N) is 2. The van der Waals surface area contributed by atoms with Gasteiger partial charge in [-0.25, -0.2) is 9.97 Å². The molecule has 0 amide bonds. The smallest absolute Gasteiger partial charge is 0.163 e. The van der Waals surface area contributed by atoms with Gasteiger partial charge in [0, 0.05) is 10.6 Å². The van der Waals surface area contributed by atoms with E-state index >= 15 is 0 Å². The number of halogens is 1. The highest BCUT2D eigenvalue weighted by atomic mass is 35.5. The summed E-state index contributed by atoms with van der Waals surface area (Å²) in [7, 11) is 0. The molecule has 6 nitrogen and oxygen atoms in total. The van der Waals surface area contributed by atoms with Crippen molar-refractivity contribution in [1.82, 2.24) is 15.0 Å². The second-order valence-electron chi connectivity index (χ2n) is 7.85. The Hall–Kier alpha value is -3.87. The molecule has 0 aliphatic carbocycles. The standard InChI is InChI=1S/C27H23ClN4O2/c28-20-12-7-13-22(14-20)34-17-21-15-23-26(29-21)31-25(19-10-5-2-6-11-19)32-27(23)30-24(16-33)18-8-3-1-4-9-18/h1-15,24,33H,16-17H2,(H2,29,30,31,32)/t24-/m0/s1. The molecular weight excluding hydrogens is 448 g/mol. The number of ether oxygens (including phenoxy) is 1. The van der Waals surface area contributed by atoms with Crippen LogP contribution in [0.2, 0.25) is 5.02 Å². The van der Waals surface area contributed by atoms with Gasteiger partial charge in [-0.3, -0.25) is 0 Å². The van der Waals surface area contributed by atoms with Gasteiger partial charge in [-0.15, -0.1) is 0 Å². The summed E-state index contributed by atoms with van der Waals surface area (Å²) in [5, 5.41) is 14.9. The fourth-order valence-electron chi connectivity index (χ4n) is 3.77. The van der Waals surface area contributed by atoms with Gasteiger partial charge in [0.05, 0.1) is 23.7 Å². The quantitative estimate of drug-likeness (QED) is 0.259. The van der Waals surface area contributed by atoms with Crippen molar-refractivity contribution in [2.24, 2.45) is 0 Å². The number of nitrogens with zero attached hydrogens (tertiary/aromatic N) is 2. The minimum Gasteiger partial charge on any atom is -0.487 e. The molecule has 0 saturated heterocycles. The Balaban J connectivity index is 1.51. The highest BCUT2D eigenvalue weighted by molar-refractivity contribution is 6.30. The van der Waals surface area contributed by atoms with Crippen LogP contribution in [-0.2, 0) is 6.61 Å². The highest BCUT2D eigenvalue weighted by Gasteiger charge is 2.17. The van der Waals surface area contributed by atoms with Gasteiger partial charge in [0.15, 0.2) is 5.82 Å². The van der Waals surface area contributed by atoms with Gasteiger partial charge in [0.1, 0.15) is 23.8 Å². The summed E-state index contributed by atoms with van der Waals surface area (Å²) in [6.45, 7) is 0.240. The van der Waals surface area contributed by atoms with Crippen molar-refractivity contribution in [3.8, 4) is 17.1 Å². The van der Waals surface area contributed by atoms with E-state index < -0.39 is 0 Å². The Morgan fingerprint density at radius 2 is 1.68 bits per heavy atom. The minimum atomic E-state index is -0.316. The predicted molar refractivity (Wildman–Crippen MR) is 135 cm³/mol. The van der Waals surface area contributed by atoms with Crippen molar-refractivity contribution in [3.63, 3.8) is 0 Å². The lowest BCUT2D eigenvalue weighted by Crippen LogP contribution is -2.16. The topological polar surface area (TPSA) is 83.1 Å². The third-order valence-corrected chi connectivity index (χ3v) is 5.70. The van der Waals surface area contributed by atoms with Crippen molar-refractivity contribution in [1.29, 1.82) is 0 Å². The molecule has 0 saturated carbocycles. The Labute approximate surface area is 202 Å². The van der Waals surface area contributed by atoms with Crippen LogP contribution in [0.4, 0.5) is 5.82 Å². The molecule has 5 rings (SSSR count). The number of aliphatic hydroxyl groups is 1. The molecule has 0 bridgehead atoms. The monoisotopic (exact) mass is 470 g/mol. The molecule has 3 aromatic carbocycles. The molecule has 0 spiro atoms. The van der Waals surface area contributed by atoms with E-state index in [9.17, 15) is 5.11 Å². The van der Waals surface area contributed by atoms with Crippen LogP contribution in [0.25, 0.3) is 22.4 Å². The van der Waals surface area contributed by atoms with Crippen LogP contribution in [0.5, 0.6) is 5.75 Å². The van der Waals surface area contributed by atoms with Gasteiger partial charge in [-0.2, -0.15) is 0 Å². The summed E-state index contributed by atoms with van der Waals surface area (Å²) in [5.74, 6) is 1.91. The lowest BCUT2D eigenvalue weighted by molar-refractivity contribution is 0.276. The van der Waals surface area contributed by atoms with Crippen molar-refractivity contribution >= 4 is 28.5 Å². The van der Waals surface area contributed by atoms with Crippen LogP contribution in [0.3, 0.4) is 0 Å². The van der Waals surface area contributed by atoms with Crippen molar-refractivity contribution in [3.05, 3.63) is 107 Å². The van der Waals surface area contributed by atoms with Gasteiger partial charge in [-0.05, 0) is 29.8 Å². The first-order valence-corrected chi connectivity index (χ1v) is 11.3. The first-order chi connectivity index (χ1) is 16.7. The lowest BCUT2D eigenvalue weighted by atomic mass is 10.1. The lowest BCUT2D eigenvalue weighted by Gasteiger charge is -2.18. The van der Waals surface area contributed by atoms with Gasteiger partial charge in [-0.1, -0.05) is 78.3 Å². The molecule has 0 aliphatic heterocycles. The van der Waals surface area contributed by atoms with Gasteiger partial charge in [0.25, 0.3) is 0 Å². The molecule has 0 radical (unpaired) electrons. The van der Waals surface area contributed by atoms with E-state index in [4.69, 9.17) is 26.3 Å². The molecule has 34 heavy (non-hydrogen) atoms. The molecule has 0 aliphatic rings. The summed E-state index contributed by atoms with van der Waals surface area (Å²) in [4.78, 5) is 12.9. The van der Waals surface area contributed by atoms with Crippen molar-refractivity contribution < 1.29 is 9.84 Å². The fourth-order valence-corrected chi connectivity index (χ4v) is 3.95. The van der Waals surface area contributed by atoms with E-state index in [0.29, 0.717) is 34.7 Å². The van der Waals surface area contributed by atoms with E-state index in [1.165, 1.54) is 0 Å². The average Bonchev–Trinajstić information content (AvgIpc) is 3.30. The van der Waals surface area contributed by atoms with Crippen LogP contribution >= 0.6 is 11.6 Å². The maximum Gasteiger partial charge on any atom is 0.163 e. The second kappa shape index (κ2) is 9.95. The van der Waals surface area contributed by atoms with E-state index in [1.807, 2.05) is 78.9 Å². The molecular formula is C27H23ClN4O2. The molecule has 5 aromatic rings. The van der Waals surface area contributed by atoms with Gasteiger partial charge >= 0.3 is 0 Å². The molecule has 3 N–H and O–H groups in total. The first-order valence-electron chi connectivity index (χ1n) is 11.0. The fraction of sp³-hybridized carbons (Fsp3) is 0.111. The first kappa shape index (κ1) is 21.9. The van der Waals surface area contributed by atoms with Crippen LogP contribution in [0, 0.1) is 0 Å². The highest BCUT2D eigenvalue weighted by Crippen LogP contribution is 2.29. The molecule has 2 heterocycles. The number of hydrogen-bond donors (Lipinski definition) is 3.